The SMILES string of the molecule is Cc1cccc(CNC(=O)COc2ccccc2-c2ccccc2)n1. The quantitative estimate of drug-likeness (QED) is 0.748. The smallest absolute Gasteiger partial charge is 0.258 e. The third-order valence-electron chi connectivity index (χ3n) is 3.74. The highest BCUT2D eigenvalue weighted by Gasteiger charge is 2.08. The first kappa shape index (κ1) is 16.7. The zero-order valence-corrected chi connectivity index (χ0v) is 14.1. The molecular weight excluding hydrogens is 312 g/mol. The van der Waals surface area contributed by atoms with Crippen molar-refractivity contribution >= 4 is 5.91 Å². The van der Waals surface area contributed by atoms with Crippen LogP contribution < -0.4 is 10.1 Å². The van der Waals surface area contributed by atoms with Crippen LogP contribution in [0.4, 0.5) is 0 Å². The third-order valence-corrected chi connectivity index (χ3v) is 3.74. The number of pyridine rings is 1. The van der Waals surface area contributed by atoms with Crippen molar-refractivity contribution in [2.75, 3.05) is 6.61 Å². The van der Waals surface area contributed by atoms with E-state index >= 15 is 0 Å². The molecule has 3 aromatic rings. The topological polar surface area (TPSA) is 51.2 Å². The van der Waals surface area contributed by atoms with Crippen LogP contribution in [0.3, 0.4) is 0 Å². The largest absolute Gasteiger partial charge is 0.483 e. The molecule has 0 unspecified atom stereocenters. The maximum absolute atomic E-state index is 12.1. The predicted molar refractivity (Wildman–Crippen MR) is 98.2 cm³/mol. The summed E-state index contributed by atoms with van der Waals surface area (Å²) in [7, 11) is 0. The Hall–Kier alpha value is -3.14. The van der Waals surface area contributed by atoms with Gasteiger partial charge in [0.05, 0.1) is 12.2 Å². The van der Waals surface area contributed by atoms with Gasteiger partial charge < -0.3 is 10.1 Å². The molecule has 0 fully saturated rings. The summed E-state index contributed by atoms with van der Waals surface area (Å²) >= 11 is 0. The summed E-state index contributed by atoms with van der Waals surface area (Å²) in [5.41, 5.74) is 3.79. The molecule has 0 aliphatic rings. The van der Waals surface area contributed by atoms with Crippen molar-refractivity contribution in [3.05, 3.63) is 84.2 Å². The minimum absolute atomic E-state index is 0.0321. The molecule has 0 saturated carbocycles. The molecule has 0 aliphatic heterocycles. The fourth-order valence-corrected chi connectivity index (χ4v) is 2.53. The van der Waals surface area contributed by atoms with Crippen LogP contribution >= 0.6 is 0 Å². The molecule has 0 bridgehead atoms. The first-order valence-electron chi connectivity index (χ1n) is 8.19. The van der Waals surface area contributed by atoms with Gasteiger partial charge in [0, 0.05) is 11.3 Å². The van der Waals surface area contributed by atoms with Crippen LogP contribution in [0.5, 0.6) is 5.75 Å². The molecule has 0 saturated heterocycles. The molecule has 2 aromatic carbocycles. The minimum atomic E-state index is -0.175. The van der Waals surface area contributed by atoms with E-state index in [1.807, 2.05) is 79.7 Å². The second-order valence-electron chi connectivity index (χ2n) is 5.70. The molecule has 0 radical (unpaired) electrons. The Bertz CT molecular complexity index is 847. The lowest BCUT2D eigenvalue weighted by Crippen LogP contribution is -2.28. The van der Waals surface area contributed by atoms with Crippen LogP contribution in [0.25, 0.3) is 11.1 Å². The summed E-state index contributed by atoms with van der Waals surface area (Å²) in [5, 5.41) is 2.83. The number of carbonyl (C=O) groups excluding carboxylic acids is 1. The molecule has 1 N–H and O–H groups in total. The average Bonchev–Trinajstić information content (AvgIpc) is 2.66. The highest BCUT2D eigenvalue weighted by atomic mass is 16.5. The first-order chi connectivity index (χ1) is 12.2. The van der Waals surface area contributed by atoms with E-state index in [9.17, 15) is 4.79 Å². The monoisotopic (exact) mass is 332 g/mol. The van der Waals surface area contributed by atoms with Crippen molar-refractivity contribution in [1.82, 2.24) is 10.3 Å². The van der Waals surface area contributed by atoms with Crippen molar-refractivity contribution in [2.24, 2.45) is 0 Å². The Morgan fingerprint density at radius 1 is 0.960 bits per heavy atom. The van der Waals surface area contributed by atoms with Crippen LogP contribution in [-0.2, 0) is 11.3 Å². The molecule has 1 heterocycles. The van der Waals surface area contributed by atoms with Gasteiger partial charge in [0.2, 0.25) is 0 Å². The van der Waals surface area contributed by atoms with Crippen molar-refractivity contribution < 1.29 is 9.53 Å². The maximum atomic E-state index is 12.1. The highest BCUT2D eigenvalue weighted by Crippen LogP contribution is 2.29. The number of carbonyl (C=O) groups is 1. The Labute approximate surface area is 147 Å². The first-order valence-corrected chi connectivity index (χ1v) is 8.19. The number of hydrogen-bond donors (Lipinski definition) is 1. The fraction of sp³-hybridized carbons (Fsp3) is 0.143. The number of nitrogens with one attached hydrogen (secondary N) is 1. The number of amides is 1. The lowest BCUT2D eigenvalue weighted by Gasteiger charge is -2.12. The van der Waals surface area contributed by atoms with E-state index in [2.05, 4.69) is 10.3 Å². The second kappa shape index (κ2) is 8.11. The van der Waals surface area contributed by atoms with Crippen molar-refractivity contribution in [2.45, 2.75) is 13.5 Å². The highest BCUT2D eigenvalue weighted by molar-refractivity contribution is 5.78. The fourth-order valence-electron chi connectivity index (χ4n) is 2.53. The lowest BCUT2D eigenvalue weighted by molar-refractivity contribution is -0.123. The summed E-state index contributed by atoms with van der Waals surface area (Å²) in [5.74, 6) is 0.517. The molecule has 4 heteroatoms. The van der Waals surface area contributed by atoms with Crippen LogP contribution in [0.15, 0.2) is 72.8 Å². The predicted octanol–water partition coefficient (Wildman–Crippen LogP) is 3.75. The average molecular weight is 332 g/mol. The Morgan fingerprint density at radius 3 is 2.52 bits per heavy atom. The molecule has 126 valence electrons. The summed E-state index contributed by atoms with van der Waals surface area (Å²) in [6, 6.07) is 23.4. The standard InChI is InChI=1S/C21H20N2O2/c1-16-8-7-11-18(23-16)14-22-21(24)15-25-20-13-6-5-12-19(20)17-9-3-2-4-10-17/h2-13H,14-15H2,1H3,(H,22,24). The number of hydrogen-bond acceptors (Lipinski definition) is 3. The summed E-state index contributed by atoms with van der Waals surface area (Å²) in [6.45, 7) is 2.29. The molecule has 0 spiro atoms. The van der Waals surface area contributed by atoms with Crippen molar-refractivity contribution in [3.63, 3.8) is 0 Å². The van der Waals surface area contributed by atoms with E-state index in [1.165, 1.54) is 0 Å². The maximum Gasteiger partial charge on any atom is 0.258 e. The normalized spacial score (nSPS) is 10.3. The molecule has 1 amide bonds. The molecule has 1 aromatic heterocycles. The Kier molecular flexibility index (Phi) is 5.42. The molecular formula is C21H20N2O2. The molecule has 4 nitrogen and oxygen atoms in total. The molecule has 0 atom stereocenters. The van der Waals surface area contributed by atoms with E-state index in [0.717, 1.165) is 22.5 Å². The van der Waals surface area contributed by atoms with Gasteiger partial charge in [-0.25, -0.2) is 0 Å². The van der Waals surface area contributed by atoms with Crippen LogP contribution in [0.2, 0.25) is 0 Å². The number of ether oxygens (including phenoxy) is 1. The van der Waals surface area contributed by atoms with Crippen molar-refractivity contribution in [3.8, 4) is 16.9 Å². The molecule has 3 rings (SSSR count). The van der Waals surface area contributed by atoms with E-state index in [4.69, 9.17) is 4.74 Å². The van der Waals surface area contributed by atoms with Gasteiger partial charge in [-0.05, 0) is 30.7 Å². The number of para-hydroxylation sites is 1. The summed E-state index contributed by atoms with van der Waals surface area (Å²) in [4.78, 5) is 16.4. The summed E-state index contributed by atoms with van der Waals surface area (Å²) < 4.78 is 5.73. The molecule has 0 aliphatic carbocycles. The van der Waals surface area contributed by atoms with Crippen molar-refractivity contribution in [1.29, 1.82) is 0 Å². The van der Waals surface area contributed by atoms with Gasteiger partial charge in [-0.1, -0.05) is 54.6 Å². The Balaban J connectivity index is 1.59. The number of aryl methyl sites for hydroxylation is 1. The van der Waals surface area contributed by atoms with Gasteiger partial charge in [0.25, 0.3) is 5.91 Å². The van der Waals surface area contributed by atoms with E-state index in [1.54, 1.807) is 0 Å². The van der Waals surface area contributed by atoms with Crippen LogP contribution in [0, 0.1) is 6.92 Å². The van der Waals surface area contributed by atoms with E-state index in [-0.39, 0.29) is 12.5 Å². The van der Waals surface area contributed by atoms with Crippen LogP contribution in [0.1, 0.15) is 11.4 Å². The molecule has 25 heavy (non-hydrogen) atoms. The van der Waals surface area contributed by atoms with Gasteiger partial charge in [-0.3, -0.25) is 9.78 Å². The number of nitrogens with zero attached hydrogens (tertiary/aromatic N) is 1. The lowest BCUT2D eigenvalue weighted by atomic mass is 10.1. The number of benzene rings is 2. The van der Waals surface area contributed by atoms with Gasteiger partial charge in [-0.15, -0.1) is 0 Å². The van der Waals surface area contributed by atoms with E-state index in [0.29, 0.717) is 12.3 Å². The van der Waals surface area contributed by atoms with E-state index < -0.39 is 0 Å². The second-order valence-corrected chi connectivity index (χ2v) is 5.70. The minimum Gasteiger partial charge on any atom is -0.483 e. The van der Waals surface area contributed by atoms with Gasteiger partial charge in [0.15, 0.2) is 6.61 Å². The third kappa shape index (κ3) is 4.67. The summed E-state index contributed by atoms with van der Waals surface area (Å²) in [6.07, 6.45) is 0. The number of aromatic nitrogens is 1. The van der Waals surface area contributed by atoms with Gasteiger partial charge in [-0.2, -0.15) is 0 Å². The van der Waals surface area contributed by atoms with Crippen LogP contribution in [-0.4, -0.2) is 17.5 Å². The zero-order valence-electron chi connectivity index (χ0n) is 14.1. The Morgan fingerprint density at radius 2 is 1.72 bits per heavy atom. The zero-order chi connectivity index (χ0) is 17.5. The van der Waals surface area contributed by atoms with Gasteiger partial charge >= 0.3 is 0 Å². The van der Waals surface area contributed by atoms with Gasteiger partial charge in [0.1, 0.15) is 5.75 Å². The number of rotatable bonds is 6.